The fourth-order valence-corrected chi connectivity index (χ4v) is 2.75. The van der Waals surface area contributed by atoms with Gasteiger partial charge in [-0.1, -0.05) is 13.8 Å². The molecule has 0 unspecified atom stereocenters. The van der Waals surface area contributed by atoms with Crippen molar-refractivity contribution in [2.75, 3.05) is 11.9 Å². The second-order valence-corrected chi connectivity index (χ2v) is 7.30. The molecule has 1 aliphatic heterocycles. The highest BCUT2D eigenvalue weighted by Crippen LogP contribution is 2.20. The zero-order valence-electron chi connectivity index (χ0n) is 15.3. The van der Waals surface area contributed by atoms with Crippen LogP contribution in [0.5, 0.6) is 5.75 Å². The first-order valence-corrected chi connectivity index (χ1v) is 9.18. The molecule has 0 radical (unpaired) electrons. The van der Waals surface area contributed by atoms with Crippen molar-refractivity contribution < 1.29 is 24.8 Å². The number of rotatable bonds is 6. The molecule has 0 amide bonds. The number of anilines is 1. The van der Waals surface area contributed by atoms with E-state index in [-0.39, 0.29) is 5.11 Å². The number of aliphatic hydroxyl groups excluding tert-OH is 3. The van der Waals surface area contributed by atoms with E-state index in [1.807, 2.05) is 24.3 Å². The molecule has 1 saturated heterocycles. The molecule has 26 heavy (non-hydrogen) atoms. The highest BCUT2D eigenvalue weighted by atomic mass is 32.1. The SMILES string of the molecule is CC(C)CCOc1ccc(NC(=S)N[C@H]2O[C@@H](C)[C@H](O)[C@@H](O)[C@H]2O)cc1. The van der Waals surface area contributed by atoms with Crippen LogP contribution in [-0.2, 0) is 4.74 Å². The highest BCUT2D eigenvalue weighted by Gasteiger charge is 2.41. The van der Waals surface area contributed by atoms with Crippen LogP contribution in [0.25, 0.3) is 0 Å². The van der Waals surface area contributed by atoms with E-state index in [0.717, 1.165) is 17.9 Å². The monoisotopic (exact) mass is 384 g/mol. The van der Waals surface area contributed by atoms with E-state index >= 15 is 0 Å². The van der Waals surface area contributed by atoms with Gasteiger partial charge in [-0.05, 0) is 55.7 Å². The van der Waals surface area contributed by atoms with Crippen LogP contribution >= 0.6 is 12.2 Å². The van der Waals surface area contributed by atoms with Gasteiger partial charge in [-0.2, -0.15) is 0 Å². The number of thiocarbonyl (C=S) groups is 1. The van der Waals surface area contributed by atoms with Crippen molar-refractivity contribution in [3.8, 4) is 5.75 Å². The van der Waals surface area contributed by atoms with E-state index in [0.29, 0.717) is 12.5 Å². The van der Waals surface area contributed by atoms with Gasteiger partial charge in [0.15, 0.2) is 11.3 Å². The third-order valence-corrected chi connectivity index (χ3v) is 4.42. The molecule has 2 rings (SSSR count). The molecule has 0 spiro atoms. The lowest BCUT2D eigenvalue weighted by molar-refractivity contribution is -0.220. The normalized spacial score (nSPS) is 28.7. The molecule has 5 atom stereocenters. The summed E-state index contributed by atoms with van der Waals surface area (Å²) in [6.45, 7) is 6.59. The predicted octanol–water partition coefficient (Wildman–Crippen LogP) is 1.23. The average molecular weight is 384 g/mol. The van der Waals surface area contributed by atoms with Crippen molar-refractivity contribution >= 4 is 23.0 Å². The fraction of sp³-hybridized carbons (Fsp3) is 0.611. The molecule has 1 fully saturated rings. The van der Waals surface area contributed by atoms with E-state index in [4.69, 9.17) is 21.7 Å². The summed E-state index contributed by atoms with van der Waals surface area (Å²) in [5, 5.41) is 35.5. The van der Waals surface area contributed by atoms with Crippen LogP contribution < -0.4 is 15.4 Å². The second-order valence-electron chi connectivity index (χ2n) is 6.89. The number of hydrogen-bond acceptors (Lipinski definition) is 6. The molecule has 0 aromatic heterocycles. The molecule has 1 aromatic carbocycles. The molecule has 1 heterocycles. The molecule has 1 aliphatic rings. The lowest BCUT2D eigenvalue weighted by Gasteiger charge is -2.39. The maximum Gasteiger partial charge on any atom is 0.172 e. The molecule has 0 aliphatic carbocycles. The van der Waals surface area contributed by atoms with Crippen molar-refractivity contribution in [1.82, 2.24) is 5.32 Å². The van der Waals surface area contributed by atoms with E-state index in [9.17, 15) is 15.3 Å². The van der Waals surface area contributed by atoms with Gasteiger partial charge in [0.1, 0.15) is 24.1 Å². The maximum absolute atomic E-state index is 10.00. The van der Waals surface area contributed by atoms with Crippen LogP contribution in [0, 0.1) is 5.92 Å². The zero-order chi connectivity index (χ0) is 19.3. The molecular formula is C18H28N2O5S. The Hall–Kier alpha value is -1.45. The summed E-state index contributed by atoms with van der Waals surface area (Å²) in [4.78, 5) is 0. The van der Waals surface area contributed by atoms with Crippen molar-refractivity contribution in [3.05, 3.63) is 24.3 Å². The van der Waals surface area contributed by atoms with Crippen LogP contribution in [-0.4, -0.2) is 57.7 Å². The molecule has 1 aromatic rings. The predicted molar refractivity (Wildman–Crippen MR) is 103 cm³/mol. The van der Waals surface area contributed by atoms with E-state index in [1.165, 1.54) is 0 Å². The van der Waals surface area contributed by atoms with Gasteiger partial charge in [0.05, 0.1) is 12.7 Å². The molecule has 0 bridgehead atoms. The lowest BCUT2D eigenvalue weighted by Crippen LogP contribution is -2.62. The number of hydrogen-bond donors (Lipinski definition) is 5. The molecular weight excluding hydrogens is 356 g/mol. The van der Waals surface area contributed by atoms with E-state index in [2.05, 4.69) is 24.5 Å². The van der Waals surface area contributed by atoms with Gasteiger partial charge < -0.3 is 35.4 Å². The Balaban J connectivity index is 1.84. The molecule has 146 valence electrons. The van der Waals surface area contributed by atoms with Crippen molar-refractivity contribution in [2.24, 2.45) is 5.92 Å². The first-order valence-electron chi connectivity index (χ1n) is 8.78. The van der Waals surface area contributed by atoms with Gasteiger partial charge in [-0.15, -0.1) is 0 Å². The van der Waals surface area contributed by atoms with Crippen molar-refractivity contribution in [2.45, 2.75) is 57.8 Å². The summed E-state index contributed by atoms with van der Waals surface area (Å²) in [7, 11) is 0. The Bertz CT molecular complexity index is 583. The minimum absolute atomic E-state index is 0.235. The van der Waals surface area contributed by atoms with Gasteiger partial charge in [0.2, 0.25) is 0 Å². The van der Waals surface area contributed by atoms with Gasteiger partial charge >= 0.3 is 0 Å². The summed E-state index contributed by atoms with van der Waals surface area (Å²) in [5.41, 5.74) is 0.748. The molecule has 0 saturated carbocycles. The van der Waals surface area contributed by atoms with E-state index in [1.54, 1.807) is 6.92 Å². The van der Waals surface area contributed by atoms with Crippen molar-refractivity contribution in [1.29, 1.82) is 0 Å². The van der Waals surface area contributed by atoms with Crippen molar-refractivity contribution in [3.63, 3.8) is 0 Å². The number of aliphatic hydroxyl groups is 3. The smallest absolute Gasteiger partial charge is 0.172 e. The summed E-state index contributed by atoms with van der Waals surface area (Å²) in [6.07, 6.45) is -4.29. The van der Waals surface area contributed by atoms with Crippen LogP contribution in [0.4, 0.5) is 5.69 Å². The minimum atomic E-state index is -1.30. The zero-order valence-corrected chi connectivity index (χ0v) is 16.1. The standard InChI is InChI=1S/C18H28N2O5S/c1-10(2)8-9-24-13-6-4-12(5-7-13)19-18(26)20-17-16(23)15(22)14(21)11(3)25-17/h4-7,10-11,14-17,21-23H,8-9H2,1-3H3,(H2,19,20,26)/t11-,14-,15+,16+,17-/m0/s1. The third-order valence-electron chi connectivity index (χ3n) is 4.20. The molecule has 7 nitrogen and oxygen atoms in total. The van der Waals surface area contributed by atoms with Gasteiger partial charge in [-0.25, -0.2) is 0 Å². The Kier molecular flexibility index (Phi) is 7.60. The van der Waals surface area contributed by atoms with Gasteiger partial charge in [-0.3, -0.25) is 0 Å². The van der Waals surface area contributed by atoms with Crippen LogP contribution in [0.2, 0.25) is 0 Å². The first kappa shape index (κ1) is 20.9. The second kappa shape index (κ2) is 9.48. The number of nitrogens with one attached hydrogen (secondary N) is 2. The fourth-order valence-electron chi connectivity index (χ4n) is 2.51. The molecule has 8 heteroatoms. The first-order chi connectivity index (χ1) is 12.3. The summed E-state index contributed by atoms with van der Waals surface area (Å²) in [6, 6.07) is 7.36. The Labute approximate surface area is 159 Å². The Morgan fingerprint density at radius 2 is 1.81 bits per heavy atom. The van der Waals surface area contributed by atoms with Crippen LogP contribution in [0.1, 0.15) is 27.2 Å². The van der Waals surface area contributed by atoms with Gasteiger partial charge in [0.25, 0.3) is 0 Å². The van der Waals surface area contributed by atoms with E-state index < -0.39 is 30.6 Å². The topological polar surface area (TPSA) is 103 Å². The highest BCUT2D eigenvalue weighted by molar-refractivity contribution is 7.80. The number of benzene rings is 1. The quantitative estimate of drug-likeness (QED) is 0.467. The van der Waals surface area contributed by atoms with Gasteiger partial charge in [0, 0.05) is 5.69 Å². The maximum atomic E-state index is 10.00. The Morgan fingerprint density at radius 3 is 2.42 bits per heavy atom. The minimum Gasteiger partial charge on any atom is -0.494 e. The summed E-state index contributed by atoms with van der Waals surface area (Å²) >= 11 is 5.22. The number of ether oxygens (including phenoxy) is 2. The summed E-state index contributed by atoms with van der Waals surface area (Å²) in [5.74, 6) is 1.38. The molecule has 5 N–H and O–H groups in total. The van der Waals surface area contributed by atoms with Crippen LogP contribution in [0.3, 0.4) is 0 Å². The lowest BCUT2D eigenvalue weighted by atomic mass is 9.99. The van der Waals surface area contributed by atoms with Crippen LogP contribution in [0.15, 0.2) is 24.3 Å². The average Bonchev–Trinajstić information content (AvgIpc) is 2.59. The summed E-state index contributed by atoms with van der Waals surface area (Å²) < 4.78 is 11.1. The third kappa shape index (κ3) is 5.78. The Morgan fingerprint density at radius 1 is 1.15 bits per heavy atom. The largest absolute Gasteiger partial charge is 0.494 e.